The van der Waals surface area contributed by atoms with Gasteiger partial charge in [0, 0.05) is 32.1 Å². The SMILES string of the molecule is CN=C(NCCN(C)CC(F)(F)F)NCC1(c2cccc(F)c2)CC1.I. The van der Waals surface area contributed by atoms with Crippen LogP contribution in [-0.4, -0.2) is 57.3 Å². The second-order valence-corrected chi connectivity index (χ2v) is 6.50. The highest BCUT2D eigenvalue weighted by Gasteiger charge is 2.44. The van der Waals surface area contributed by atoms with Crippen molar-refractivity contribution < 1.29 is 17.6 Å². The first-order chi connectivity index (χ1) is 11.7. The molecule has 1 aliphatic carbocycles. The number of rotatable bonds is 7. The molecular formula is C17H25F4IN4. The van der Waals surface area contributed by atoms with Crippen LogP contribution >= 0.6 is 24.0 Å². The third-order valence-electron chi connectivity index (χ3n) is 4.34. The van der Waals surface area contributed by atoms with Gasteiger partial charge in [-0.1, -0.05) is 12.1 Å². The number of benzene rings is 1. The van der Waals surface area contributed by atoms with Crippen molar-refractivity contribution in [2.24, 2.45) is 4.99 Å². The van der Waals surface area contributed by atoms with Gasteiger partial charge in [0.1, 0.15) is 5.82 Å². The lowest BCUT2D eigenvalue weighted by atomic mass is 9.96. The predicted octanol–water partition coefficient (Wildman–Crippen LogP) is 3.13. The van der Waals surface area contributed by atoms with Gasteiger partial charge in [-0.3, -0.25) is 9.89 Å². The summed E-state index contributed by atoms with van der Waals surface area (Å²) < 4.78 is 50.3. The number of nitrogens with one attached hydrogen (secondary N) is 2. The van der Waals surface area contributed by atoms with E-state index in [1.165, 1.54) is 18.0 Å². The molecule has 4 nitrogen and oxygen atoms in total. The van der Waals surface area contributed by atoms with Crippen molar-refractivity contribution in [3.8, 4) is 0 Å². The average Bonchev–Trinajstić information content (AvgIpc) is 3.30. The minimum atomic E-state index is -4.20. The number of halogens is 5. The molecule has 0 heterocycles. The van der Waals surface area contributed by atoms with Gasteiger partial charge in [0.25, 0.3) is 0 Å². The van der Waals surface area contributed by atoms with Crippen LogP contribution in [0.3, 0.4) is 0 Å². The summed E-state index contributed by atoms with van der Waals surface area (Å²) >= 11 is 0. The van der Waals surface area contributed by atoms with Gasteiger partial charge in [-0.2, -0.15) is 13.2 Å². The fourth-order valence-corrected chi connectivity index (χ4v) is 2.76. The summed E-state index contributed by atoms with van der Waals surface area (Å²) in [5.74, 6) is 0.280. The van der Waals surface area contributed by atoms with Gasteiger partial charge in [0.2, 0.25) is 0 Å². The van der Waals surface area contributed by atoms with Gasteiger partial charge in [-0.25, -0.2) is 4.39 Å². The highest BCUT2D eigenvalue weighted by atomic mass is 127. The molecule has 0 atom stereocenters. The van der Waals surface area contributed by atoms with Gasteiger partial charge in [-0.05, 0) is 37.6 Å². The highest BCUT2D eigenvalue weighted by Crippen LogP contribution is 2.47. The maximum atomic E-state index is 13.4. The van der Waals surface area contributed by atoms with Crippen molar-refractivity contribution in [2.75, 3.05) is 40.3 Å². The molecule has 148 valence electrons. The monoisotopic (exact) mass is 488 g/mol. The number of alkyl halides is 3. The number of hydrogen-bond acceptors (Lipinski definition) is 2. The summed E-state index contributed by atoms with van der Waals surface area (Å²) in [5, 5.41) is 6.19. The minimum absolute atomic E-state index is 0. The van der Waals surface area contributed by atoms with E-state index in [1.807, 2.05) is 6.07 Å². The Balaban J connectivity index is 0.00000338. The topological polar surface area (TPSA) is 39.7 Å². The van der Waals surface area contributed by atoms with Crippen molar-refractivity contribution in [1.29, 1.82) is 0 Å². The van der Waals surface area contributed by atoms with E-state index in [0.717, 1.165) is 18.4 Å². The molecular weight excluding hydrogens is 463 g/mol. The molecule has 0 bridgehead atoms. The van der Waals surface area contributed by atoms with Crippen LogP contribution in [0.4, 0.5) is 17.6 Å². The number of aliphatic imine (C=N–C) groups is 1. The van der Waals surface area contributed by atoms with E-state index in [9.17, 15) is 17.6 Å². The fraction of sp³-hybridized carbons (Fsp3) is 0.588. The molecule has 0 unspecified atom stereocenters. The second-order valence-electron chi connectivity index (χ2n) is 6.50. The standard InChI is InChI=1S/C17H24F4N4.HI/c1-22-15(23-8-9-25(2)12-17(19,20)21)24-11-16(6-7-16)13-4-3-5-14(18)10-13;/h3-5,10H,6-9,11-12H2,1-2H3,(H2,22,23,24);1H. The van der Waals surface area contributed by atoms with Gasteiger partial charge in [0.15, 0.2) is 5.96 Å². The molecule has 1 fully saturated rings. The lowest BCUT2D eigenvalue weighted by Crippen LogP contribution is -2.44. The molecule has 0 aromatic heterocycles. The summed E-state index contributed by atoms with van der Waals surface area (Å²) in [5.41, 5.74) is 0.868. The van der Waals surface area contributed by atoms with Crippen LogP contribution in [0.2, 0.25) is 0 Å². The summed E-state index contributed by atoms with van der Waals surface area (Å²) in [6, 6.07) is 6.59. The second kappa shape index (κ2) is 9.72. The van der Waals surface area contributed by atoms with Gasteiger partial charge >= 0.3 is 6.18 Å². The Morgan fingerprint density at radius 3 is 2.50 bits per heavy atom. The Morgan fingerprint density at radius 1 is 1.27 bits per heavy atom. The molecule has 1 aromatic rings. The Hall–Kier alpha value is -1.10. The molecule has 0 saturated heterocycles. The quantitative estimate of drug-likeness (QED) is 0.268. The third-order valence-corrected chi connectivity index (χ3v) is 4.34. The van der Waals surface area contributed by atoms with E-state index in [2.05, 4.69) is 15.6 Å². The van der Waals surface area contributed by atoms with Gasteiger partial charge < -0.3 is 10.6 Å². The number of nitrogens with zero attached hydrogens (tertiary/aromatic N) is 2. The first kappa shape index (κ1) is 22.9. The lowest BCUT2D eigenvalue weighted by Gasteiger charge is -2.21. The smallest absolute Gasteiger partial charge is 0.356 e. The Bertz CT molecular complexity index is 603. The molecule has 1 saturated carbocycles. The zero-order valence-electron chi connectivity index (χ0n) is 14.9. The highest BCUT2D eigenvalue weighted by molar-refractivity contribution is 14.0. The Morgan fingerprint density at radius 2 is 1.96 bits per heavy atom. The largest absolute Gasteiger partial charge is 0.401 e. The maximum Gasteiger partial charge on any atom is 0.401 e. The molecule has 9 heteroatoms. The molecule has 1 aliphatic rings. The Labute approximate surface area is 168 Å². The molecule has 26 heavy (non-hydrogen) atoms. The van der Waals surface area contributed by atoms with E-state index >= 15 is 0 Å². The average molecular weight is 488 g/mol. The molecule has 0 aliphatic heterocycles. The van der Waals surface area contributed by atoms with Crippen LogP contribution in [0.25, 0.3) is 0 Å². The van der Waals surface area contributed by atoms with Crippen LogP contribution in [0.15, 0.2) is 29.3 Å². The zero-order chi connectivity index (χ0) is 18.5. The van der Waals surface area contributed by atoms with Crippen LogP contribution in [0.5, 0.6) is 0 Å². The summed E-state index contributed by atoms with van der Waals surface area (Å²) in [7, 11) is 3.03. The van der Waals surface area contributed by atoms with E-state index in [-0.39, 0.29) is 41.8 Å². The minimum Gasteiger partial charge on any atom is -0.356 e. The first-order valence-electron chi connectivity index (χ1n) is 8.20. The van der Waals surface area contributed by atoms with Crippen molar-refractivity contribution in [3.63, 3.8) is 0 Å². The van der Waals surface area contributed by atoms with Crippen molar-refractivity contribution in [2.45, 2.75) is 24.4 Å². The summed E-state index contributed by atoms with van der Waals surface area (Å²) in [6.07, 6.45) is -2.26. The van der Waals surface area contributed by atoms with E-state index in [4.69, 9.17) is 0 Å². The van der Waals surface area contributed by atoms with Gasteiger partial charge in [0.05, 0.1) is 6.54 Å². The third kappa shape index (κ3) is 7.26. The Kier molecular flexibility index (Phi) is 8.58. The fourth-order valence-electron chi connectivity index (χ4n) is 2.76. The van der Waals surface area contributed by atoms with Crippen LogP contribution < -0.4 is 10.6 Å². The van der Waals surface area contributed by atoms with Crippen LogP contribution in [0.1, 0.15) is 18.4 Å². The van der Waals surface area contributed by atoms with E-state index in [1.54, 1.807) is 19.2 Å². The molecule has 2 rings (SSSR count). The molecule has 0 spiro atoms. The molecule has 0 amide bonds. The van der Waals surface area contributed by atoms with Crippen molar-refractivity contribution in [3.05, 3.63) is 35.6 Å². The normalized spacial score (nSPS) is 16.2. The van der Waals surface area contributed by atoms with Crippen molar-refractivity contribution >= 4 is 29.9 Å². The molecule has 2 N–H and O–H groups in total. The predicted molar refractivity (Wildman–Crippen MR) is 106 cm³/mol. The van der Waals surface area contributed by atoms with Crippen LogP contribution in [0, 0.1) is 5.82 Å². The molecule has 1 aromatic carbocycles. The summed E-state index contributed by atoms with van der Waals surface area (Å²) in [4.78, 5) is 5.28. The van der Waals surface area contributed by atoms with Crippen molar-refractivity contribution in [1.82, 2.24) is 15.5 Å². The van der Waals surface area contributed by atoms with E-state index < -0.39 is 12.7 Å². The van der Waals surface area contributed by atoms with E-state index in [0.29, 0.717) is 19.0 Å². The maximum absolute atomic E-state index is 13.4. The van der Waals surface area contributed by atoms with Crippen LogP contribution in [-0.2, 0) is 5.41 Å². The zero-order valence-corrected chi connectivity index (χ0v) is 17.2. The number of guanidine groups is 1. The number of likely N-dealkylation sites (N-methyl/N-ethyl adjacent to an activating group) is 1. The lowest BCUT2D eigenvalue weighted by molar-refractivity contribution is -0.142. The molecule has 0 radical (unpaired) electrons. The first-order valence-corrected chi connectivity index (χ1v) is 8.20. The summed E-state index contributed by atoms with van der Waals surface area (Å²) in [6.45, 7) is 0.256. The van der Waals surface area contributed by atoms with Gasteiger partial charge in [-0.15, -0.1) is 24.0 Å². The number of hydrogen-bond donors (Lipinski definition) is 2.